The van der Waals surface area contributed by atoms with E-state index < -0.39 is 18.2 Å². The minimum absolute atomic E-state index is 0.0724. The maximum absolute atomic E-state index is 13.1. The average molecular weight is 369 g/mol. The van der Waals surface area contributed by atoms with Crippen LogP contribution in [0.4, 0.5) is 5.69 Å². The van der Waals surface area contributed by atoms with E-state index in [1.165, 1.54) is 12.0 Å². The number of para-hydroxylation sites is 2. The third-order valence-electron chi connectivity index (χ3n) is 4.71. The summed E-state index contributed by atoms with van der Waals surface area (Å²) in [6, 6.07) is 12.8. The molecule has 0 N–H and O–H groups in total. The largest absolute Gasteiger partial charge is 0.481 e. The molecule has 2 aromatic rings. The minimum Gasteiger partial charge on any atom is -0.481 e. The second kappa shape index (κ2) is 7.70. The van der Waals surface area contributed by atoms with Gasteiger partial charge >= 0.3 is 5.97 Å². The fourth-order valence-corrected chi connectivity index (χ4v) is 3.01. The molecule has 0 saturated carbocycles. The maximum Gasteiger partial charge on any atom is 0.348 e. The van der Waals surface area contributed by atoms with Crippen molar-refractivity contribution in [3.8, 4) is 11.5 Å². The Morgan fingerprint density at radius 1 is 1.15 bits per heavy atom. The average Bonchev–Trinajstić information content (AvgIpc) is 2.69. The third-order valence-corrected chi connectivity index (χ3v) is 4.71. The summed E-state index contributed by atoms with van der Waals surface area (Å²) in [4.78, 5) is 26.6. The molecule has 2 aromatic carbocycles. The molecule has 142 valence electrons. The summed E-state index contributed by atoms with van der Waals surface area (Å²) in [5.41, 5.74) is 2.70. The van der Waals surface area contributed by atoms with Crippen LogP contribution in [0.15, 0.2) is 42.5 Å². The molecule has 0 aromatic heterocycles. The number of benzene rings is 2. The van der Waals surface area contributed by atoms with Crippen molar-refractivity contribution in [1.29, 1.82) is 0 Å². The van der Waals surface area contributed by atoms with Gasteiger partial charge in [0.05, 0.1) is 19.3 Å². The van der Waals surface area contributed by atoms with E-state index in [0.29, 0.717) is 17.2 Å². The normalized spacial score (nSPS) is 16.7. The van der Waals surface area contributed by atoms with Crippen LogP contribution >= 0.6 is 0 Å². The highest BCUT2D eigenvalue weighted by Crippen LogP contribution is 2.34. The summed E-state index contributed by atoms with van der Waals surface area (Å²) in [5.74, 6) is 0.360. The van der Waals surface area contributed by atoms with Gasteiger partial charge < -0.3 is 19.1 Å². The molecule has 2 atom stereocenters. The molecule has 0 bridgehead atoms. The first kappa shape index (κ1) is 18.8. The first-order chi connectivity index (χ1) is 12.9. The van der Waals surface area contributed by atoms with Gasteiger partial charge in [-0.25, -0.2) is 4.79 Å². The Bertz CT molecular complexity index is 863. The van der Waals surface area contributed by atoms with Crippen LogP contribution in [0.5, 0.6) is 11.5 Å². The Kier molecular flexibility index (Phi) is 5.35. The Morgan fingerprint density at radius 3 is 2.63 bits per heavy atom. The molecular weight excluding hydrogens is 346 g/mol. The molecule has 1 aliphatic rings. The van der Waals surface area contributed by atoms with Gasteiger partial charge in [0, 0.05) is 0 Å². The van der Waals surface area contributed by atoms with Gasteiger partial charge in [0.15, 0.2) is 6.10 Å². The van der Waals surface area contributed by atoms with Crippen LogP contribution in [0.1, 0.15) is 18.1 Å². The van der Waals surface area contributed by atoms with E-state index in [-0.39, 0.29) is 12.5 Å². The topological polar surface area (TPSA) is 65.1 Å². The van der Waals surface area contributed by atoms with Gasteiger partial charge in [-0.2, -0.15) is 0 Å². The zero-order chi connectivity index (χ0) is 19.6. The second-order valence-electron chi connectivity index (χ2n) is 6.50. The highest BCUT2D eigenvalue weighted by atomic mass is 16.6. The SMILES string of the molecule is COC(=O)[C@@H]1CN(C(=O)[C@H](C)Oc2cccc(C)c2C)c2ccccc2O1. The summed E-state index contributed by atoms with van der Waals surface area (Å²) in [6.45, 7) is 5.73. The van der Waals surface area contributed by atoms with Gasteiger partial charge in [0.25, 0.3) is 5.91 Å². The first-order valence-electron chi connectivity index (χ1n) is 8.80. The lowest BCUT2D eigenvalue weighted by molar-refractivity contribution is -0.148. The van der Waals surface area contributed by atoms with E-state index >= 15 is 0 Å². The number of nitrogens with zero attached hydrogens (tertiary/aromatic N) is 1. The number of ether oxygens (including phenoxy) is 3. The molecule has 1 amide bonds. The summed E-state index contributed by atoms with van der Waals surface area (Å²) in [6.07, 6.45) is -1.60. The first-order valence-corrected chi connectivity index (χ1v) is 8.80. The van der Waals surface area contributed by atoms with E-state index in [0.717, 1.165) is 11.1 Å². The fraction of sp³-hybridized carbons (Fsp3) is 0.333. The van der Waals surface area contributed by atoms with Gasteiger partial charge in [0.2, 0.25) is 6.10 Å². The van der Waals surface area contributed by atoms with Crippen LogP contribution in [0, 0.1) is 13.8 Å². The third kappa shape index (κ3) is 3.74. The van der Waals surface area contributed by atoms with Crippen LogP contribution < -0.4 is 14.4 Å². The predicted molar refractivity (Wildman–Crippen MR) is 101 cm³/mol. The molecule has 0 fully saturated rings. The Labute approximate surface area is 158 Å². The van der Waals surface area contributed by atoms with Gasteiger partial charge in [0.1, 0.15) is 11.5 Å². The van der Waals surface area contributed by atoms with Crippen LogP contribution in [0.2, 0.25) is 0 Å². The molecule has 0 saturated heterocycles. The minimum atomic E-state index is -0.873. The molecule has 3 rings (SSSR count). The Morgan fingerprint density at radius 2 is 1.89 bits per heavy atom. The number of anilines is 1. The van der Waals surface area contributed by atoms with Gasteiger partial charge in [-0.15, -0.1) is 0 Å². The van der Waals surface area contributed by atoms with Crippen molar-refractivity contribution >= 4 is 17.6 Å². The lowest BCUT2D eigenvalue weighted by Gasteiger charge is -2.34. The van der Waals surface area contributed by atoms with Crippen molar-refractivity contribution in [2.24, 2.45) is 0 Å². The summed E-state index contributed by atoms with van der Waals surface area (Å²) in [5, 5.41) is 0. The molecule has 6 nitrogen and oxygen atoms in total. The monoisotopic (exact) mass is 369 g/mol. The molecule has 1 heterocycles. The zero-order valence-corrected chi connectivity index (χ0v) is 15.9. The number of amides is 1. The van der Waals surface area contributed by atoms with Crippen LogP contribution in [-0.4, -0.2) is 37.7 Å². The van der Waals surface area contributed by atoms with Crippen LogP contribution in [0.3, 0.4) is 0 Å². The lowest BCUT2D eigenvalue weighted by Crippen LogP contribution is -2.51. The molecule has 1 aliphatic heterocycles. The molecule has 0 spiro atoms. The van der Waals surface area contributed by atoms with Crippen molar-refractivity contribution in [1.82, 2.24) is 0 Å². The molecule has 0 aliphatic carbocycles. The number of carbonyl (C=O) groups excluding carboxylic acids is 2. The summed E-state index contributed by atoms with van der Waals surface area (Å²) >= 11 is 0. The van der Waals surface area contributed by atoms with Crippen LogP contribution in [0.25, 0.3) is 0 Å². The van der Waals surface area contributed by atoms with Crippen LogP contribution in [-0.2, 0) is 14.3 Å². The van der Waals surface area contributed by atoms with Gasteiger partial charge in [-0.3, -0.25) is 4.79 Å². The molecule has 0 unspecified atom stereocenters. The van der Waals surface area contributed by atoms with E-state index in [1.54, 1.807) is 25.1 Å². The van der Waals surface area contributed by atoms with E-state index in [4.69, 9.17) is 14.2 Å². The van der Waals surface area contributed by atoms with Gasteiger partial charge in [-0.1, -0.05) is 24.3 Å². The zero-order valence-electron chi connectivity index (χ0n) is 15.9. The number of rotatable bonds is 4. The molecule has 27 heavy (non-hydrogen) atoms. The predicted octanol–water partition coefficient (Wildman–Crippen LogP) is 3.04. The summed E-state index contributed by atoms with van der Waals surface area (Å²) in [7, 11) is 1.30. The van der Waals surface area contributed by atoms with E-state index in [2.05, 4.69) is 0 Å². The quantitative estimate of drug-likeness (QED) is 0.775. The van der Waals surface area contributed by atoms with E-state index in [1.807, 2.05) is 38.1 Å². The van der Waals surface area contributed by atoms with Crippen molar-refractivity contribution in [2.45, 2.75) is 33.0 Å². The number of carbonyl (C=O) groups is 2. The molecular formula is C21H23NO5. The second-order valence-corrected chi connectivity index (χ2v) is 6.50. The number of hydrogen-bond donors (Lipinski definition) is 0. The highest BCUT2D eigenvalue weighted by Gasteiger charge is 2.36. The van der Waals surface area contributed by atoms with Crippen molar-refractivity contribution in [3.05, 3.63) is 53.6 Å². The molecule has 6 heteroatoms. The van der Waals surface area contributed by atoms with Gasteiger partial charge in [-0.05, 0) is 50.1 Å². The fourth-order valence-electron chi connectivity index (χ4n) is 3.01. The number of esters is 1. The number of methoxy groups -OCH3 is 1. The van der Waals surface area contributed by atoms with Crippen molar-refractivity contribution in [3.63, 3.8) is 0 Å². The molecule has 0 radical (unpaired) electrons. The standard InChI is InChI=1S/C21H23NO5/c1-13-8-7-11-17(14(13)2)26-15(3)20(23)22-12-19(21(24)25-4)27-18-10-6-5-9-16(18)22/h5-11,15,19H,12H2,1-4H3/t15-,19-/m0/s1. The maximum atomic E-state index is 13.1. The van der Waals surface area contributed by atoms with Crippen molar-refractivity contribution < 1.29 is 23.8 Å². The Balaban J connectivity index is 1.85. The number of fused-ring (bicyclic) bond motifs is 1. The summed E-state index contributed by atoms with van der Waals surface area (Å²) < 4.78 is 16.4. The number of aryl methyl sites for hydroxylation is 1. The van der Waals surface area contributed by atoms with E-state index in [9.17, 15) is 9.59 Å². The van der Waals surface area contributed by atoms with Crippen molar-refractivity contribution in [2.75, 3.05) is 18.6 Å². The number of hydrogen-bond acceptors (Lipinski definition) is 5. The Hall–Kier alpha value is -3.02. The highest BCUT2D eigenvalue weighted by molar-refractivity contribution is 5.99. The smallest absolute Gasteiger partial charge is 0.348 e. The lowest BCUT2D eigenvalue weighted by atomic mass is 10.1.